The second-order valence-corrected chi connectivity index (χ2v) is 6.04. The van der Waals surface area contributed by atoms with Gasteiger partial charge in [0.1, 0.15) is 11.5 Å². The van der Waals surface area contributed by atoms with E-state index in [9.17, 15) is 14.3 Å². The van der Waals surface area contributed by atoms with Gasteiger partial charge < -0.3 is 15.0 Å². The third kappa shape index (κ3) is 3.56. The molecule has 0 saturated heterocycles. The summed E-state index contributed by atoms with van der Waals surface area (Å²) in [6.07, 6.45) is 0.983. The number of para-hydroxylation sites is 1. The Kier molecular flexibility index (Phi) is 5.14. The van der Waals surface area contributed by atoms with Gasteiger partial charge in [0.15, 0.2) is 0 Å². The minimum atomic E-state index is -0.952. The van der Waals surface area contributed by atoms with Crippen LogP contribution in [-0.4, -0.2) is 22.2 Å². The molecule has 0 saturated carbocycles. The highest BCUT2D eigenvalue weighted by atomic mass is 19.1. The molecule has 0 atom stereocenters. The number of aromatic carboxylic acids is 1. The highest BCUT2D eigenvalue weighted by molar-refractivity contribution is 5.98. The molecule has 0 unspecified atom stereocenters. The maximum absolute atomic E-state index is 13.2. The number of fused-ring (bicyclic) bond motifs is 1. The Bertz CT molecular complexity index is 885. The smallest absolute Gasteiger partial charge is 0.352 e. The molecule has 130 valence electrons. The SMILES string of the molecule is CCCNCc1c(C(=O)O)n(Cc2ccc(F)cc2)c2ccccc12. The van der Waals surface area contributed by atoms with Crippen LogP contribution in [0.15, 0.2) is 48.5 Å². The van der Waals surface area contributed by atoms with Gasteiger partial charge in [-0.1, -0.05) is 37.3 Å². The van der Waals surface area contributed by atoms with E-state index in [1.807, 2.05) is 24.3 Å². The van der Waals surface area contributed by atoms with Gasteiger partial charge in [-0.3, -0.25) is 0 Å². The van der Waals surface area contributed by atoms with E-state index < -0.39 is 5.97 Å². The maximum atomic E-state index is 13.2. The Labute approximate surface area is 145 Å². The quantitative estimate of drug-likeness (QED) is 0.639. The molecule has 0 radical (unpaired) electrons. The van der Waals surface area contributed by atoms with Crippen molar-refractivity contribution in [3.8, 4) is 0 Å². The molecule has 0 bridgehead atoms. The first-order valence-corrected chi connectivity index (χ1v) is 8.40. The van der Waals surface area contributed by atoms with E-state index in [1.165, 1.54) is 12.1 Å². The van der Waals surface area contributed by atoms with Gasteiger partial charge in [-0.25, -0.2) is 9.18 Å². The summed E-state index contributed by atoms with van der Waals surface area (Å²) in [6, 6.07) is 13.9. The number of aromatic nitrogens is 1. The van der Waals surface area contributed by atoms with Crippen molar-refractivity contribution in [2.45, 2.75) is 26.4 Å². The lowest BCUT2D eigenvalue weighted by molar-refractivity contribution is 0.0685. The molecule has 0 aliphatic carbocycles. The molecule has 2 aromatic carbocycles. The topological polar surface area (TPSA) is 54.3 Å². The molecule has 25 heavy (non-hydrogen) atoms. The Morgan fingerprint density at radius 2 is 1.88 bits per heavy atom. The summed E-state index contributed by atoms with van der Waals surface area (Å²) in [7, 11) is 0. The van der Waals surface area contributed by atoms with Crippen molar-refractivity contribution >= 4 is 16.9 Å². The van der Waals surface area contributed by atoms with E-state index in [1.54, 1.807) is 16.7 Å². The molecule has 2 N–H and O–H groups in total. The molecule has 3 rings (SSSR count). The van der Waals surface area contributed by atoms with Crippen molar-refractivity contribution in [2.75, 3.05) is 6.54 Å². The van der Waals surface area contributed by atoms with Crippen molar-refractivity contribution in [1.82, 2.24) is 9.88 Å². The van der Waals surface area contributed by atoms with Crippen LogP contribution in [0.25, 0.3) is 10.9 Å². The van der Waals surface area contributed by atoms with Crippen LogP contribution in [0.1, 0.15) is 35.0 Å². The summed E-state index contributed by atoms with van der Waals surface area (Å²) < 4.78 is 15.0. The summed E-state index contributed by atoms with van der Waals surface area (Å²) in [4.78, 5) is 12.0. The average molecular weight is 340 g/mol. The fourth-order valence-electron chi connectivity index (χ4n) is 3.13. The number of nitrogens with one attached hydrogen (secondary N) is 1. The molecule has 0 spiro atoms. The zero-order chi connectivity index (χ0) is 17.8. The predicted octanol–water partition coefficient (Wildman–Crippen LogP) is 4.03. The predicted molar refractivity (Wildman–Crippen MR) is 96.4 cm³/mol. The first-order chi connectivity index (χ1) is 12.1. The molecule has 3 aromatic rings. The van der Waals surface area contributed by atoms with Crippen LogP contribution in [0.3, 0.4) is 0 Å². The number of rotatable bonds is 7. The van der Waals surface area contributed by atoms with Crippen molar-refractivity contribution in [3.05, 3.63) is 71.2 Å². The third-order valence-corrected chi connectivity index (χ3v) is 4.26. The van der Waals surface area contributed by atoms with Crippen LogP contribution in [0.4, 0.5) is 4.39 Å². The van der Waals surface area contributed by atoms with Crippen LogP contribution < -0.4 is 5.32 Å². The summed E-state index contributed by atoms with van der Waals surface area (Å²) in [6.45, 7) is 3.79. The molecule has 5 heteroatoms. The largest absolute Gasteiger partial charge is 0.477 e. The molecule has 0 amide bonds. The zero-order valence-electron chi connectivity index (χ0n) is 14.1. The summed E-state index contributed by atoms with van der Waals surface area (Å²) in [5.41, 5.74) is 2.81. The summed E-state index contributed by atoms with van der Waals surface area (Å²) >= 11 is 0. The minimum absolute atomic E-state index is 0.286. The number of nitrogens with zero attached hydrogens (tertiary/aromatic N) is 1. The molecule has 4 nitrogen and oxygen atoms in total. The van der Waals surface area contributed by atoms with Gasteiger partial charge in [-0.05, 0) is 36.7 Å². The van der Waals surface area contributed by atoms with Gasteiger partial charge in [0.2, 0.25) is 0 Å². The number of hydrogen-bond acceptors (Lipinski definition) is 2. The van der Waals surface area contributed by atoms with Crippen LogP contribution in [0.2, 0.25) is 0 Å². The Morgan fingerprint density at radius 1 is 1.16 bits per heavy atom. The van der Waals surface area contributed by atoms with E-state index in [4.69, 9.17) is 0 Å². The number of hydrogen-bond donors (Lipinski definition) is 2. The average Bonchev–Trinajstić information content (AvgIpc) is 2.91. The molecule has 0 fully saturated rings. The van der Waals surface area contributed by atoms with E-state index in [-0.39, 0.29) is 11.5 Å². The van der Waals surface area contributed by atoms with Gasteiger partial charge in [0.05, 0.1) is 0 Å². The van der Waals surface area contributed by atoms with Crippen LogP contribution >= 0.6 is 0 Å². The van der Waals surface area contributed by atoms with E-state index in [0.717, 1.165) is 35.0 Å². The zero-order valence-corrected chi connectivity index (χ0v) is 14.1. The van der Waals surface area contributed by atoms with Crippen molar-refractivity contribution in [1.29, 1.82) is 0 Å². The lowest BCUT2D eigenvalue weighted by atomic mass is 10.1. The monoisotopic (exact) mass is 340 g/mol. The van der Waals surface area contributed by atoms with Crippen molar-refractivity contribution in [3.63, 3.8) is 0 Å². The summed E-state index contributed by atoms with van der Waals surface area (Å²) in [5, 5.41) is 14.1. The van der Waals surface area contributed by atoms with Gasteiger partial charge in [0.25, 0.3) is 0 Å². The Morgan fingerprint density at radius 3 is 2.56 bits per heavy atom. The van der Waals surface area contributed by atoms with E-state index in [0.29, 0.717) is 13.1 Å². The number of carboxylic acids is 1. The van der Waals surface area contributed by atoms with Gasteiger partial charge >= 0.3 is 5.97 Å². The first-order valence-electron chi connectivity index (χ1n) is 8.40. The normalized spacial score (nSPS) is 11.1. The Hall–Kier alpha value is -2.66. The van der Waals surface area contributed by atoms with Crippen molar-refractivity contribution < 1.29 is 14.3 Å². The van der Waals surface area contributed by atoms with Crippen molar-refractivity contribution in [2.24, 2.45) is 0 Å². The number of benzene rings is 2. The first kappa shape index (κ1) is 17.2. The molecule has 1 aromatic heterocycles. The Balaban J connectivity index is 2.10. The molecule has 0 aliphatic rings. The lowest BCUT2D eigenvalue weighted by Crippen LogP contribution is -2.18. The van der Waals surface area contributed by atoms with Crippen LogP contribution in [0.5, 0.6) is 0 Å². The standard InChI is InChI=1S/C20H21FN2O2/c1-2-11-22-12-17-16-5-3-4-6-18(16)23(19(17)20(24)25)13-14-7-9-15(21)10-8-14/h3-10,22H,2,11-13H2,1H3,(H,24,25). The third-order valence-electron chi connectivity index (χ3n) is 4.26. The number of carboxylic acid groups (broad SMARTS) is 1. The van der Waals surface area contributed by atoms with Crippen LogP contribution in [-0.2, 0) is 13.1 Å². The van der Waals surface area contributed by atoms with Gasteiger partial charge in [-0.15, -0.1) is 0 Å². The van der Waals surface area contributed by atoms with Gasteiger partial charge in [0, 0.05) is 29.6 Å². The fraction of sp³-hybridized carbons (Fsp3) is 0.250. The molecule has 1 heterocycles. The highest BCUT2D eigenvalue weighted by Crippen LogP contribution is 2.27. The second-order valence-electron chi connectivity index (χ2n) is 6.04. The fourth-order valence-corrected chi connectivity index (χ4v) is 3.13. The maximum Gasteiger partial charge on any atom is 0.352 e. The lowest BCUT2D eigenvalue weighted by Gasteiger charge is -2.10. The number of carbonyl (C=O) groups is 1. The second kappa shape index (κ2) is 7.49. The number of halogens is 1. The van der Waals surface area contributed by atoms with E-state index >= 15 is 0 Å². The molecule has 0 aliphatic heterocycles. The summed E-state index contributed by atoms with van der Waals surface area (Å²) in [5.74, 6) is -1.25. The van der Waals surface area contributed by atoms with E-state index in [2.05, 4.69) is 12.2 Å². The highest BCUT2D eigenvalue weighted by Gasteiger charge is 2.21. The molecular weight excluding hydrogens is 319 g/mol. The van der Waals surface area contributed by atoms with Crippen LogP contribution in [0, 0.1) is 5.82 Å². The van der Waals surface area contributed by atoms with Gasteiger partial charge in [-0.2, -0.15) is 0 Å². The molecular formula is C20H21FN2O2. The minimum Gasteiger partial charge on any atom is -0.477 e.